The Balaban J connectivity index is 2.98. The van der Waals surface area contributed by atoms with Gasteiger partial charge >= 0.3 is 7.12 Å². The maximum Gasteiger partial charge on any atom is 0.511 e. The molecule has 0 saturated carbocycles. The molecule has 0 aliphatic carbocycles. The van der Waals surface area contributed by atoms with E-state index < -0.39 is 18.3 Å². The molecular formula is C13H25BN2O3. The molecule has 0 aromatic carbocycles. The van der Waals surface area contributed by atoms with Crippen molar-refractivity contribution < 1.29 is 14.8 Å². The Kier molecular flexibility index (Phi) is 4.20. The van der Waals surface area contributed by atoms with Crippen LogP contribution in [0.15, 0.2) is 12.3 Å². The molecule has 0 amide bonds. The molecule has 1 aromatic heterocycles. The summed E-state index contributed by atoms with van der Waals surface area (Å²) in [6.45, 7) is 12.8. The van der Waals surface area contributed by atoms with Gasteiger partial charge in [-0.05, 0) is 54.5 Å². The van der Waals surface area contributed by atoms with Crippen LogP contribution < -0.4 is 5.59 Å². The van der Waals surface area contributed by atoms with Gasteiger partial charge in [-0.2, -0.15) is 5.10 Å². The number of hydrogen-bond acceptors (Lipinski definition) is 4. The first-order valence-corrected chi connectivity index (χ1v) is 6.49. The monoisotopic (exact) mass is 268 g/mol. The van der Waals surface area contributed by atoms with E-state index in [4.69, 9.17) is 4.65 Å². The molecule has 1 heterocycles. The fourth-order valence-electron chi connectivity index (χ4n) is 1.54. The molecule has 0 bridgehead atoms. The van der Waals surface area contributed by atoms with Crippen molar-refractivity contribution in [1.29, 1.82) is 0 Å². The highest BCUT2D eigenvalue weighted by Crippen LogP contribution is 2.25. The fraction of sp³-hybridized carbons (Fsp3) is 0.769. The van der Waals surface area contributed by atoms with Gasteiger partial charge in [0.05, 0.1) is 22.3 Å². The summed E-state index contributed by atoms with van der Waals surface area (Å²) in [7, 11) is -1.14. The summed E-state index contributed by atoms with van der Waals surface area (Å²) >= 11 is 0. The average Bonchev–Trinajstić information content (AvgIpc) is 2.61. The maximum atomic E-state index is 10.3. The molecule has 6 heteroatoms. The lowest BCUT2D eigenvalue weighted by atomic mass is 9.79. The van der Waals surface area contributed by atoms with E-state index in [1.165, 1.54) is 0 Å². The number of aromatic nitrogens is 2. The zero-order valence-electron chi connectivity index (χ0n) is 12.9. The van der Waals surface area contributed by atoms with Crippen molar-refractivity contribution in [2.24, 2.45) is 0 Å². The molecule has 0 atom stereocenters. The van der Waals surface area contributed by atoms with E-state index >= 15 is 0 Å². The molecule has 2 N–H and O–H groups in total. The van der Waals surface area contributed by atoms with Crippen LogP contribution in [0.1, 0.15) is 48.5 Å². The quantitative estimate of drug-likeness (QED) is 0.796. The van der Waals surface area contributed by atoms with E-state index in [-0.39, 0.29) is 5.54 Å². The van der Waals surface area contributed by atoms with Crippen LogP contribution in [0.25, 0.3) is 0 Å². The number of nitrogens with zero attached hydrogens (tertiary/aromatic N) is 2. The van der Waals surface area contributed by atoms with Gasteiger partial charge in [0.1, 0.15) is 0 Å². The minimum absolute atomic E-state index is 0.248. The Bertz CT molecular complexity index is 430. The summed E-state index contributed by atoms with van der Waals surface area (Å²) in [4.78, 5) is 0. The molecule has 0 unspecified atom stereocenters. The summed E-state index contributed by atoms with van der Waals surface area (Å²) in [5, 5.41) is 24.5. The Morgan fingerprint density at radius 3 is 2.11 bits per heavy atom. The molecule has 19 heavy (non-hydrogen) atoms. The lowest BCUT2D eigenvalue weighted by Gasteiger charge is -2.38. The number of hydrogen-bond donors (Lipinski definition) is 2. The van der Waals surface area contributed by atoms with Gasteiger partial charge < -0.3 is 14.8 Å². The van der Waals surface area contributed by atoms with E-state index in [9.17, 15) is 10.1 Å². The average molecular weight is 268 g/mol. The first kappa shape index (κ1) is 16.2. The van der Waals surface area contributed by atoms with Crippen LogP contribution in [0.5, 0.6) is 0 Å². The van der Waals surface area contributed by atoms with E-state index in [1.54, 1.807) is 44.6 Å². The molecule has 0 aliphatic heterocycles. The molecule has 1 aromatic rings. The highest BCUT2D eigenvalue weighted by Gasteiger charge is 2.41. The standard InChI is InChI=1S/C13H25BN2O3/c1-11(2,3)16-10(8-9-15-16)14(18)19-13(6,7)12(4,5)17/h8-9,17-18H,1-7H3. The minimum Gasteiger partial charge on any atom is -0.422 e. The van der Waals surface area contributed by atoms with Gasteiger partial charge in [-0.3, -0.25) is 4.68 Å². The summed E-state index contributed by atoms with van der Waals surface area (Å²) in [6.07, 6.45) is 1.63. The highest BCUT2D eigenvalue weighted by atomic mass is 16.5. The van der Waals surface area contributed by atoms with Crippen molar-refractivity contribution in [2.45, 2.75) is 65.2 Å². The Morgan fingerprint density at radius 1 is 1.16 bits per heavy atom. The topological polar surface area (TPSA) is 67.5 Å². The second-order valence-electron chi connectivity index (χ2n) is 6.88. The Hall–Kier alpha value is -0.845. The summed E-state index contributed by atoms with van der Waals surface area (Å²) in [6, 6.07) is 1.72. The lowest BCUT2D eigenvalue weighted by molar-refractivity contribution is -0.0984. The minimum atomic E-state index is -1.14. The Morgan fingerprint density at radius 2 is 1.68 bits per heavy atom. The van der Waals surface area contributed by atoms with Crippen LogP contribution in [0.3, 0.4) is 0 Å². The molecule has 0 saturated heterocycles. The lowest BCUT2D eigenvalue weighted by Crippen LogP contribution is -2.55. The van der Waals surface area contributed by atoms with Crippen LogP contribution in [0, 0.1) is 0 Å². The number of aliphatic hydroxyl groups is 1. The molecule has 0 aliphatic rings. The van der Waals surface area contributed by atoms with Crippen molar-refractivity contribution >= 4 is 12.7 Å². The van der Waals surface area contributed by atoms with Gasteiger partial charge in [0, 0.05) is 6.20 Å². The normalized spacial score (nSPS) is 13.7. The van der Waals surface area contributed by atoms with Crippen LogP contribution in [0.4, 0.5) is 0 Å². The highest BCUT2D eigenvalue weighted by molar-refractivity contribution is 6.59. The fourth-order valence-corrected chi connectivity index (χ4v) is 1.54. The zero-order chi connectivity index (χ0) is 15.1. The van der Waals surface area contributed by atoms with Crippen molar-refractivity contribution in [3.63, 3.8) is 0 Å². The third-order valence-electron chi connectivity index (χ3n) is 3.44. The van der Waals surface area contributed by atoms with E-state index in [0.29, 0.717) is 5.59 Å². The van der Waals surface area contributed by atoms with Crippen molar-refractivity contribution in [2.75, 3.05) is 0 Å². The van der Waals surface area contributed by atoms with Crippen molar-refractivity contribution in [3.8, 4) is 0 Å². The molecule has 1 rings (SSSR count). The van der Waals surface area contributed by atoms with E-state index in [1.807, 2.05) is 20.8 Å². The van der Waals surface area contributed by atoms with Gasteiger partial charge in [0.2, 0.25) is 0 Å². The zero-order valence-corrected chi connectivity index (χ0v) is 12.9. The van der Waals surface area contributed by atoms with Crippen LogP contribution >= 0.6 is 0 Å². The molecule has 0 radical (unpaired) electrons. The van der Waals surface area contributed by atoms with Gasteiger partial charge in [0.25, 0.3) is 0 Å². The van der Waals surface area contributed by atoms with Crippen LogP contribution in [-0.2, 0) is 10.2 Å². The van der Waals surface area contributed by atoms with Gasteiger partial charge in [-0.15, -0.1) is 0 Å². The Labute approximate surface area is 115 Å². The largest absolute Gasteiger partial charge is 0.511 e. The van der Waals surface area contributed by atoms with Gasteiger partial charge in [-0.1, -0.05) is 0 Å². The first-order valence-electron chi connectivity index (χ1n) is 6.49. The maximum absolute atomic E-state index is 10.3. The summed E-state index contributed by atoms with van der Waals surface area (Å²) in [5.74, 6) is 0. The molecule has 0 spiro atoms. The molecular weight excluding hydrogens is 243 g/mol. The second-order valence-corrected chi connectivity index (χ2v) is 6.88. The third-order valence-corrected chi connectivity index (χ3v) is 3.44. The SMILES string of the molecule is CC(C)(C)n1nccc1B(O)OC(C)(C)C(C)(C)O. The second kappa shape index (κ2) is 4.92. The van der Waals surface area contributed by atoms with Crippen LogP contribution in [-0.4, -0.2) is 38.2 Å². The molecule has 0 fully saturated rings. The van der Waals surface area contributed by atoms with Gasteiger partial charge in [0.15, 0.2) is 0 Å². The van der Waals surface area contributed by atoms with Crippen molar-refractivity contribution in [3.05, 3.63) is 12.3 Å². The predicted molar refractivity (Wildman–Crippen MR) is 76.3 cm³/mol. The van der Waals surface area contributed by atoms with Crippen molar-refractivity contribution in [1.82, 2.24) is 9.78 Å². The first-order chi connectivity index (χ1) is 8.36. The smallest absolute Gasteiger partial charge is 0.422 e. The van der Waals surface area contributed by atoms with Crippen LogP contribution in [0.2, 0.25) is 0 Å². The summed E-state index contributed by atoms with van der Waals surface area (Å²) < 4.78 is 7.35. The molecule has 108 valence electrons. The van der Waals surface area contributed by atoms with Gasteiger partial charge in [-0.25, -0.2) is 0 Å². The van der Waals surface area contributed by atoms with E-state index in [2.05, 4.69) is 5.10 Å². The molecule has 5 nitrogen and oxygen atoms in total. The summed E-state index contributed by atoms with van der Waals surface area (Å²) in [5.41, 5.74) is -1.63. The van der Waals surface area contributed by atoms with E-state index in [0.717, 1.165) is 0 Å². The number of rotatable bonds is 4. The third kappa shape index (κ3) is 3.58. The predicted octanol–water partition coefficient (Wildman–Crippen LogP) is 0.892.